The van der Waals surface area contributed by atoms with Gasteiger partial charge in [0.25, 0.3) is 0 Å². The fourth-order valence-corrected chi connectivity index (χ4v) is 3.16. The van der Waals surface area contributed by atoms with Crippen LogP contribution in [-0.2, 0) is 22.4 Å². The summed E-state index contributed by atoms with van der Waals surface area (Å²) >= 11 is 0. The number of hydrogen-bond acceptors (Lipinski definition) is 5. The van der Waals surface area contributed by atoms with E-state index in [1.54, 1.807) is 32.4 Å². The van der Waals surface area contributed by atoms with Gasteiger partial charge in [0.2, 0.25) is 0 Å². The number of H-pyrrole nitrogens is 1. The zero-order valence-electron chi connectivity index (χ0n) is 18.1. The van der Waals surface area contributed by atoms with Crippen molar-refractivity contribution in [2.75, 3.05) is 25.1 Å². The van der Waals surface area contributed by atoms with Gasteiger partial charge < -0.3 is 20.1 Å². The number of nitrogens with one attached hydrogen (secondary N) is 2. The first-order valence-corrected chi connectivity index (χ1v) is 10.4. The van der Waals surface area contributed by atoms with Crippen LogP contribution in [0.3, 0.4) is 0 Å². The molecule has 9 heteroatoms. The minimum Gasteiger partial charge on any atom is -0.479 e. The molecule has 0 fully saturated rings. The molecular weight excluding hydrogens is 410 g/mol. The summed E-state index contributed by atoms with van der Waals surface area (Å²) in [5.74, 6) is 0.354. The number of amides is 2. The average molecular weight is 438 g/mol. The molecule has 0 aliphatic carbocycles. The molecule has 1 atom stereocenters. The average Bonchev–Trinajstić information content (AvgIpc) is 3.32. The first-order valence-electron chi connectivity index (χ1n) is 10.4. The fraction of sp³-hybridized carbons (Fsp3) is 0.304. The topological polar surface area (TPSA) is 120 Å². The Labute approximate surface area is 186 Å². The molecule has 0 saturated carbocycles. The third-order valence-corrected chi connectivity index (χ3v) is 4.89. The van der Waals surface area contributed by atoms with E-state index in [0.717, 1.165) is 17.0 Å². The second-order valence-corrected chi connectivity index (χ2v) is 7.14. The number of aromatic amines is 1. The van der Waals surface area contributed by atoms with Crippen molar-refractivity contribution in [2.24, 2.45) is 0 Å². The first-order chi connectivity index (χ1) is 15.5. The van der Waals surface area contributed by atoms with E-state index in [4.69, 9.17) is 4.74 Å². The Hall–Kier alpha value is -3.72. The summed E-state index contributed by atoms with van der Waals surface area (Å²) in [7, 11) is 1.66. The summed E-state index contributed by atoms with van der Waals surface area (Å²) in [5.41, 5.74) is 2.44. The second kappa shape index (κ2) is 11.1. The van der Waals surface area contributed by atoms with Crippen molar-refractivity contribution in [3.63, 3.8) is 0 Å². The Morgan fingerprint density at radius 1 is 1.22 bits per heavy atom. The molecule has 0 aliphatic heterocycles. The highest BCUT2D eigenvalue weighted by Crippen LogP contribution is 2.21. The van der Waals surface area contributed by atoms with Gasteiger partial charge in [0.1, 0.15) is 11.6 Å². The number of ether oxygens (including phenoxy) is 1. The first kappa shape index (κ1) is 23.0. The molecule has 1 aromatic carbocycles. The van der Waals surface area contributed by atoms with Crippen LogP contribution in [0.2, 0.25) is 0 Å². The van der Waals surface area contributed by atoms with Gasteiger partial charge in [-0.15, -0.1) is 0 Å². The van der Waals surface area contributed by atoms with Gasteiger partial charge in [-0.2, -0.15) is 0 Å². The van der Waals surface area contributed by atoms with Gasteiger partial charge in [-0.3, -0.25) is 4.90 Å². The van der Waals surface area contributed by atoms with Crippen LogP contribution in [0.25, 0.3) is 11.3 Å². The normalized spacial score (nSPS) is 11.7. The Bertz CT molecular complexity index is 1020. The van der Waals surface area contributed by atoms with Crippen LogP contribution in [0.1, 0.15) is 18.3 Å². The maximum atomic E-state index is 12.5. The molecule has 2 amide bonds. The predicted octanol–water partition coefficient (Wildman–Crippen LogP) is 2.89. The van der Waals surface area contributed by atoms with Gasteiger partial charge in [0, 0.05) is 51.0 Å². The lowest BCUT2D eigenvalue weighted by molar-refractivity contribution is -0.149. The van der Waals surface area contributed by atoms with Crippen LogP contribution in [0, 0.1) is 0 Å². The number of carbonyl (C=O) groups excluding carboxylic acids is 1. The number of nitrogens with zero attached hydrogens (tertiary/aromatic N) is 3. The Morgan fingerprint density at radius 3 is 2.66 bits per heavy atom. The number of anilines is 1. The van der Waals surface area contributed by atoms with E-state index < -0.39 is 12.1 Å². The lowest BCUT2D eigenvalue weighted by Gasteiger charge is -2.18. The van der Waals surface area contributed by atoms with Crippen LogP contribution in [-0.4, -0.2) is 58.4 Å². The van der Waals surface area contributed by atoms with E-state index >= 15 is 0 Å². The standard InChI is InChI=1S/C23H27N5O4/c1-3-32-19(22(29)30)15-16-7-9-17(10-8-16)18-5-4-6-21(27-18)28(2)23(31)26-12-11-20-24-13-14-25-20/h4-10,13-14,19H,3,11-12,15H2,1-2H3,(H,24,25)(H,26,31)(H,29,30)/t19-/m0/s1. The molecule has 2 heterocycles. The number of benzene rings is 1. The number of urea groups is 1. The number of rotatable bonds is 10. The summed E-state index contributed by atoms with van der Waals surface area (Å²) < 4.78 is 5.28. The van der Waals surface area contributed by atoms with Gasteiger partial charge in [0.05, 0.1) is 5.69 Å². The van der Waals surface area contributed by atoms with Crippen molar-refractivity contribution in [2.45, 2.75) is 25.9 Å². The van der Waals surface area contributed by atoms with Crippen LogP contribution in [0.4, 0.5) is 10.6 Å². The highest BCUT2D eigenvalue weighted by atomic mass is 16.5. The number of aromatic nitrogens is 3. The van der Waals surface area contributed by atoms with E-state index in [0.29, 0.717) is 31.1 Å². The second-order valence-electron chi connectivity index (χ2n) is 7.14. The molecule has 32 heavy (non-hydrogen) atoms. The molecule has 9 nitrogen and oxygen atoms in total. The minimum atomic E-state index is -0.976. The molecule has 0 spiro atoms. The molecule has 0 unspecified atom stereocenters. The highest BCUT2D eigenvalue weighted by molar-refractivity contribution is 5.90. The number of hydrogen-bond donors (Lipinski definition) is 3. The molecule has 2 aromatic heterocycles. The van der Waals surface area contributed by atoms with E-state index in [9.17, 15) is 14.7 Å². The molecule has 168 valence electrons. The monoisotopic (exact) mass is 437 g/mol. The zero-order chi connectivity index (χ0) is 22.9. The van der Waals surface area contributed by atoms with Crippen molar-refractivity contribution in [1.82, 2.24) is 20.3 Å². The van der Waals surface area contributed by atoms with Crippen molar-refractivity contribution < 1.29 is 19.4 Å². The molecule has 0 radical (unpaired) electrons. The summed E-state index contributed by atoms with van der Waals surface area (Å²) in [4.78, 5) is 36.9. The number of imidazole rings is 1. The third kappa shape index (κ3) is 6.14. The van der Waals surface area contributed by atoms with Crippen molar-refractivity contribution in [1.29, 1.82) is 0 Å². The van der Waals surface area contributed by atoms with Crippen LogP contribution in [0.15, 0.2) is 54.9 Å². The van der Waals surface area contributed by atoms with Crippen molar-refractivity contribution in [3.05, 3.63) is 66.2 Å². The highest BCUT2D eigenvalue weighted by Gasteiger charge is 2.18. The number of pyridine rings is 1. The van der Waals surface area contributed by atoms with Gasteiger partial charge in [-0.05, 0) is 24.6 Å². The van der Waals surface area contributed by atoms with Crippen molar-refractivity contribution in [3.8, 4) is 11.3 Å². The third-order valence-electron chi connectivity index (χ3n) is 4.89. The number of aliphatic carboxylic acids is 1. The van der Waals surface area contributed by atoms with Gasteiger partial charge in [-0.25, -0.2) is 19.6 Å². The molecule has 0 aliphatic rings. The van der Waals surface area contributed by atoms with Crippen LogP contribution >= 0.6 is 0 Å². The Kier molecular flexibility index (Phi) is 7.93. The minimum absolute atomic E-state index is 0.257. The van der Waals surface area contributed by atoms with Crippen LogP contribution < -0.4 is 10.2 Å². The van der Waals surface area contributed by atoms with E-state index in [1.807, 2.05) is 36.4 Å². The number of carboxylic acid groups (broad SMARTS) is 1. The van der Waals surface area contributed by atoms with Gasteiger partial charge >= 0.3 is 12.0 Å². The molecule has 3 N–H and O–H groups in total. The van der Waals surface area contributed by atoms with E-state index in [-0.39, 0.29) is 12.5 Å². The fourth-order valence-electron chi connectivity index (χ4n) is 3.16. The zero-order valence-corrected chi connectivity index (χ0v) is 18.1. The predicted molar refractivity (Wildman–Crippen MR) is 121 cm³/mol. The molecule has 3 aromatic rings. The molecule has 3 rings (SSSR count). The van der Waals surface area contributed by atoms with Gasteiger partial charge in [-0.1, -0.05) is 30.3 Å². The number of carboxylic acids is 1. The summed E-state index contributed by atoms with van der Waals surface area (Å²) in [6, 6.07) is 12.7. The van der Waals surface area contributed by atoms with Crippen LogP contribution in [0.5, 0.6) is 0 Å². The summed E-state index contributed by atoms with van der Waals surface area (Å²) in [6.07, 6.45) is 3.45. The maximum absolute atomic E-state index is 12.5. The lowest BCUT2D eigenvalue weighted by atomic mass is 10.0. The van der Waals surface area contributed by atoms with Crippen molar-refractivity contribution >= 4 is 17.8 Å². The maximum Gasteiger partial charge on any atom is 0.333 e. The SMILES string of the molecule is CCO[C@@H](Cc1ccc(-c2cccc(N(C)C(=O)NCCc3ncc[nH]3)n2)cc1)C(=O)O. The Balaban J connectivity index is 1.63. The smallest absolute Gasteiger partial charge is 0.333 e. The molecular formula is C23H27N5O4. The largest absolute Gasteiger partial charge is 0.479 e. The molecule has 0 bridgehead atoms. The molecule has 0 saturated heterocycles. The summed E-state index contributed by atoms with van der Waals surface area (Å²) in [5, 5.41) is 12.1. The lowest BCUT2D eigenvalue weighted by Crippen LogP contribution is -2.38. The number of carbonyl (C=O) groups is 2. The van der Waals surface area contributed by atoms with E-state index in [2.05, 4.69) is 20.3 Å². The van der Waals surface area contributed by atoms with E-state index in [1.165, 1.54) is 4.90 Å². The summed E-state index contributed by atoms with van der Waals surface area (Å²) in [6.45, 7) is 2.57. The van der Waals surface area contributed by atoms with Gasteiger partial charge in [0.15, 0.2) is 6.10 Å². The quantitative estimate of drug-likeness (QED) is 0.449. The Morgan fingerprint density at radius 2 is 2.00 bits per heavy atom.